The van der Waals surface area contributed by atoms with E-state index < -0.39 is 40.7 Å². The van der Waals surface area contributed by atoms with Crippen LogP contribution in [0.2, 0.25) is 0 Å². The Labute approximate surface area is 239 Å². The highest BCUT2D eigenvalue weighted by Crippen LogP contribution is 2.39. The van der Waals surface area contributed by atoms with E-state index >= 15 is 8.78 Å². The first-order valence-electron chi connectivity index (χ1n) is 13.6. The molecule has 0 unspecified atom stereocenters. The lowest BCUT2D eigenvalue weighted by atomic mass is 9.97. The molecule has 0 saturated carbocycles. The Morgan fingerprint density at radius 2 is 1.79 bits per heavy atom. The van der Waals surface area contributed by atoms with Gasteiger partial charge in [-0.1, -0.05) is 6.08 Å². The van der Waals surface area contributed by atoms with Crippen LogP contribution in [0.4, 0.5) is 34.9 Å². The molecule has 2 atom stereocenters. The van der Waals surface area contributed by atoms with E-state index in [4.69, 9.17) is 0 Å². The number of likely N-dealkylation sites (N-methyl/N-ethyl adjacent to an activating group) is 1. The summed E-state index contributed by atoms with van der Waals surface area (Å²) in [6.45, 7) is 5.42. The number of benzene rings is 1. The van der Waals surface area contributed by atoms with E-state index in [0.29, 0.717) is 43.6 Å². The number of pyridine rings is 1. The van der Waals surface area contributed by atoms with Crippen LogP contribution in [0.1, 0.15) is 48.2 Å². The molecule has 1 amide bonds. The Morgan fingerprint density at radius 3 is 2.45 bits per heavy atom. The lowest BCUT2D eigenvalue weighted by Gasteiger charge is -2.44. The number of anilines is 3. The molecule has 5 rings (SSSR count). The van der Waals surface area contributed by atoms with Gasteiger partial charge in [-0.15, -0.1) is 0 Å². The molecule has 2 aromatic heterocycles. The van der Waals surface area contributed by atoms with E-state index in [0.717, 1.165) is 6.20 Å². The topological polar surface area (TPSA) is 97.5 Å². The van der Waals surface area contributed by atoms with Gasteiger partial charge < -0.3 is 20.1 Å². The van der Waals surface area contributed by atoms with Crippen molar-refractivity contribution < 1.29 is 22.4 Å². The third-order valence-electron chi connectivity index (χ3n) is 7.88. The number of alkyl halides is 2. The molecule has 0 spiro atoms. The number of nitrogens with zero attached hydrogens (tertiary/aromatic N) is 5. The van der Waals surface area contributed by atoms with Crippen molar-refractivity contribution in [3.05, 3.63) is 81.5 Å². The number of aromatic amines is 1. The van der Waals surface area contributed by atoms with Gasteiger partial charge in [0.25, 0.3) is 12.3 Å². The number of carbonyl (C=O) groups excluding carboxylic acids is 1. The first kappa shape index (κ1) is 29.2. The molecule has 0 aliphatic carbocycles. The second kappa shape index (κ2) is 11.9. The van der Waals surface area contributed by atoms with E-state index in [1.54, 1.807) is 34.3 Å². The highest BCUT2D eigenvalue weighted by atomic mass is 19.3. The molecular weight excluding hydrogens is 554 g/mol. The number of hydrogen-bond donors (Lipinski definition) is 2. The number of aromatic nitrogens is 3. The fourth-order valence-electron chi connectivity index (χ4n) is 5.47. The summed E-state index contributed by atoms with van der Waals surface area (Å²) in [4.78, 5) is 41.4. The third kappa shape index (κ3) is 5.73. The van der Waals surface area contributed by atoms with Gasteiger partial charge in [0.2, 0.25) is 11.5 Å². The summed E-state index contributed by atoms with van der Waals surface area (Å²) in [6.07, 6.45) is 3.09. The molecule has 1 fully saturated rings. The predicted molar refractivity (Wildman–Crippen MR) is 152 cm³/mol. The minimum Gasteiger partial charge on any atom is -0.367 e. The second-order valence-corrected chi connectivity index (χ2v) is 10.6. The van der Waals surface area contributed by atoms with Crippen molar-refractivity contribution in [1.82, 2.24) is 19.9 Å². The van der Waals surface area contributed by atoms with Crippen molar-refractivity contribution in [2.75, 3.05) is 48.3 Å². The summed E-state index contributed by atoms with van der Waals surface area (Å²) in [5.41, 5.74) is -2.36. The summed E-state index contributed by atoms with van der Waals surface area (Å²) in [7, 11) is 1.96. The summed E-state index contributed by atoms with van der Waals surface area (Å²) in [5.74, 6) is -2.50. The van der Waals surface area contributed by atoms with Gasteiger partial charge >= 0.3 is 0 Å². The van der Waals surface area contributed by atoms with Crippen LogP contribution in [-0.4, -0.2) is 71.1 Å². The van der Waals surface area contributed by atoms with Crippen LogP contribution >= 0.6 is 0 Å². The maximum Gasteiger partial charge on any atom is 0.264 e. The summed E-state index contributed by atoms with van der Waals surface area (Å²) in [6, 6.07) is 3.52. The van der Waals surface area contributed by atoms with E-state index in [-0.39, 0.29) is 35.6 Å². The number of H-pyrrole nitrogens is 1. The van der Waals surface area contributed by atoms with Crippen LogP contribution in [-0.2, 0) is 0 Å². The molecule has 0 radical (unpaired) electrons. The van der Waals surface area contributed by atoms with Gasteiger partial charge in [-0.3, -0.25) is 14.5 Å². The number of nitrogens with one attached hydrogen (secondary N) is 2. The molecule has 2 aliphatic rings. The van der Waals surface area contributed by atoms with Gasteiger partial charge in [-0.2, -0.15) is 0 Å². The molecule has 1 aromatic carbocycles. The maximum absolute atomic E-state index is 16.5. The molecule has 1 saturated heterocycles. The number of carbonyl (C=O) groups is 1. The molecule has 2 aliphatic heterocycles. The van der Waals surface area contributed by atoms with Gasteiger partial charge in [0.1, 0.15) is 11.5 Å². The number of halogens is 4. The molecule has 4 heterocycles. The number of piperazine rings is 1. The zero-order chi connectivity index (χ0) is 30.1. The normalized spacial score (nSPS) is 19.7. The first-order valence-corrected chi connectivity index (χ1v) is 13.6. The first-order chi connectivity index (χ1) is 20.0. The average molecular weight is 586 g/mol. The van der Waals surface area contributed by atoms with Gasteiger partial charge in [-0.05, 0) is 39.0 Å². The van der Waals surface area contributed by atoms with E-state index in [1.165, 1.54) is 6.07 Å². The SMILES string of the molecule is C[C@@H]1CN(c2cc(F)c(C3=CCCN(c4ncccn4)C3)c(F)c2NC(=O)c2c[nH]c(=O)cc2C(F)F)C[C@H](C)N1C. The lowest BCUT2D eigenvalue weighted by Crippen LogP contribution is -2.55. The maximum atomic E-state index is 16.5. The Bertz CT molecular complexity index is 1550. The number of rotatable bonds is 6. The predicted octanol–water partition coefficient (Wildman–Crippen LogP) is 4.46. The van der Waals surface area contributed by atoms with Crippen molar-refractivity contribution in [2.24, 2.45) is 0 Å². The summed E-state index contributed by atoms with van der Waals surface area (Å²) < 4.78 is 59.9. The van der Waals surface area contributed by atoms with Gasteiger partial charge in [-0.25, -0.2) is 27.5 Å². The van der Waals surface area contributed by atoms with Crippen molar-refractivity contribution >= 4 is 28.8 Å². The molecule has 2 N–H and O–H groups in total. The molecule has 9 nitrogen and oxygen atoms in total. The molecular formula is C29H31F4N7O2. The quantitative estimate of drug-likeness (QED) is 0.413. The highest BCUT2D eigenvalue weighted by molar-refractivity contribution is 6.07. The third-order valence-corrected chi connectivity index (χ3v) is 7.88. The Morgan fingerprint density at radius 1 is 1.10 bits per heavy atom. The van der Waals surface area contributed by atoms with Crippen LogP contribution in [0.5, 0.6) is 0 Å². The fourth-order valence-corrected chi connectivity index (χ4v) is 5.47. The van der Waals surface area contributed by atoms with Gasteiger partial charge in [0.15, 0.2) is 5.82 Å². The van der Waals surface area contributed by atoms with Crippen molar-refractivity contribution in [1.29, 1.82) is 0 Å². The molecule has 3 aromatic rings. The minimum atomic E-state index is -3.13. The number of amides is 1. The fraction of sp³-hybridized carbons (Fsp3) is 0.379. The van der Waals surface area contributed by atoms with Gasteiger partial charge in [0.05, 0.1) is 16.8 Å². The lowest BCUT2D eigenvalue weighted by molar-refractivity contribution is 0.101. The van der Waals surface area contributed by atoms with Crippen molar-refractivity contribution in [3.8, 4) is 0 Å². The van der Waals surface area contributed by atoms with Crippen LogP contribution in [0.25, 0.3) is 5.57 Å². The van der Waals surface area contributed by atoms with Crippen LogP contribution in [0, 0.1) is 11.6 Å². The largest absolute Gasteiger partial charge is 0.367 e. The molecule has 222 valence electrons. The minimum absolute atomic E-state index is 0.0215. The zero-order valence-corrected chi connectivity index (χ0v) is 23.4. The summed E-state index contributed by atoms with van der Waals surface area (Å²) >= 11 is 0. The van der Waals surface area contributed by atoms with Crippen LogP contribution in [0.15, 0.2) is 47.7 Å². The standard InChI is InChI=1S/C29H31F4N7O2/c1-16-13-40(14-17(2)38(16)3)22-11-21(30)24(18-6-4-9-39(15-18)29-34-7-5-8-35-29)25(31)26(22)37-28(42)20-12-36-23(41)10-19(20)27(32)33/h5-8,10-12,16-17,27H,4,9,13-15H2,1-3H3,(H,36,41)(H,37,42)/t16-,17+. The van der Waals surface area contributed by atoms with Gasteiger partial charge in [0, 0.05) is 74.5 Å². The number of hydrogen-bond acceptors (Lipinski definition) is 7. The molecule has 42 heavy (non-hydrogen) atoms. The Hall–Kier alpha value is -4.26. The van der Waals surface area contributed by atoms with E-state index in [2.05, 4.69) is 25.2 Å². The monoisotopic (exact) mass is 585 g/mol. The van der Waals surface area contributed by atoms with Crippen molar-refractivity contribution in [3.63, 3.8) is 0 Å². The Kier molecular flexibility index (Phi) is 8.30. The van der Waals surface area contributed by atoms with E-state index in [9.17, 15) is 18.4 Å². The van der Waals surface area contributed by atoms with Crippen LogP contribution < -0.4 is 20.7 Å². The average Bonchev–Trinajstić information content (AvgIpc) is 2.97. The zero-order valence-electron chi connectivity index (χ0n) is 23.4. The van der Waals surface area contributed by atoms with E-state index in [1.807, 2.05) is 20.9 Å². The smallest absolute Gasteiger partial charge is 0.264 e. The molecule has 0 bridgehead atoms. The van der Waals surface area contributed by atoms with Crippen LogP contribution in [0.3, 0.4) is 0 Å². The summed E-state index contributed by atoms with van der Waals surface area (Å²) in [5, 5.41) is 2.44. The highest BCUT2D eigenvalue weighted by Gasteiger charge is 2.33. The Balaban J connectivity index is 1.59. The second-order valence-electron chi connectivity index (χ2n) is 10.6. The molecule has 13 heteroatoms. The van der Waals surface area contributed by atoms with Crippen molar-refractivity contribution in [2.45, 2.75) is 38.8 Å².